The molecule has 3 rings (SSSR count). The van der Waals surface area contributed by atoms with Crippen molar-refractivity contribution < 1.29 is 9.47 Å². The number of methoxy groups -OCH3 is 1. The number of nitrogens with zero attached hydrogens (tertiary/aromatic N) is 1. The van der Waals surface area contributed by atoms with Gasteiger partial charge in [-0.15, -0.1) is 0 Å². The molecule has 21 heavy (non-hydrogen) atoms. The molecule has 2 aromatic carbocycles. The number of anilines is 1. The molecular weight excluding hydrogens is 288 g/mol. The van der Waals surface area contributed by atoms with Gasteiger partial charge in [0.2, 0.25) is 5.88 Å². The Morgan fingerprint density at radius 2 is 1.95 bits per heavy atom. The van der Waals surface area contributed by atoms with Crippen molar-refractivity contribution in [1.29, 1.82) is 0 Å². The second-order valence-corrected chi connectivity index (χ2v) is 4.90. The molecule has 5 heteroatoms. The quantitative estimate of drug-likeness (QED) is 0.734. The van der Waals surface area contributed by atoms with E-state index in [9.17, 15) is 0 Å². The highest BCUT2D eigenvalue weighted by molar-refractivity contribution is 6.32. The Hall–Kier alpha value is -2.46. The maximum atomic E-state index is 6.12. The largest absolute Gasteiger partial charge is 0.497 e. The number of fused-ring (bicyclic) bond motifs is 1. The minimum Gasteiger partial charge on any atom is -0.497 e. The summed E-state index contributed by atoms with van der Waals surface area (Å²) in [5.41, 5.74) is 6.34. The molecule has 2 N–H and O–H groups in total. The Bertz CT molecular complexity index is 805. The summed E-state index contributed by atoms with van der Waals surface area (Å²) in [6.07, 6.45) is 1.68. The summed E-state index contributed by atoms with van der Waals surface area (Å²) < 4.78 is 11.1. The van der Waals surface area contributed by atoms with E-state index in [1.807, 2.05) is 24.3 Å². The number of pyridine rings is 1. The highest BCUT2D eigenvalue weighted by atomic mass is 35.5. The number of hydrogen-bond donors (Lipinski definition) is 1. The van der Waals surface area contributed by atoms with Gasteiger partial charge in [-0.1, -0.05) is 17.7 Å². The zero-order valence-electron chi connectivity index (χ0n) is 11.3. The van der Waals surface area contributed by atoms with Crippen molar-refractivity contribution in [2.24, 2.45) is 0 Å². The van der Waals surface area contributed by atoms with E-state index in [4.69, 9.17) is 26.8 Å². The normalized spacial score (nSPS) is 10.6. The van der Waals surface area contributed by atoms with E-state index in [2.05, 4.69) is 4.98 Å². The Morgan fingerprint density at radius 3 is 2.76 bits per heavy atom. The number of halogens is 1. The molecule has 0 aliphatic carbocycles. The molecule has 0 bridgehead atoms. The van der Waals surface area contributed by atoms with Crippen LogP contribution in [0.4, 0.5) is 5.69 Å². The number of hydrogen-bond acceptors (Lipinski definition) is 4. The minimum absolute atomic E-state index is 0.457. The van der Waals surface area contributed by atoms with Crippen molar-refractivity contribution in [2.45, 2.75) is 0 Å². The maximum absolute atomic E-state index is 6.12. The van der Waals surface area contributed by atoms with Gasteiger partial charge in [0.1, 0.15) is 11.5 Å². The molecule has 1 aromatic heterocycles. The van der Waals surface area contributed by atoms with Gasteiger partial charge in [0, 0.05) is 23.3 Å². The molecule has 0 unspecified atom stereocenters. The van der Waals surface area contributed by atoms with Crippen molar-refractivity contribution in [3.8, 4) is 17.4 Å². The Kier molecular flexibility index (Phi) is 3.54. The second-order valence-electron chi connectivity index (χ2n) is 4.50. The molecule has 0 saturated heterocycles. The molecule has 0 spiro atoms. The lowest BCUT2D eigenvalue weighted by molar-refractivity contribution is 0.415. The summed E-state index contributed by atoms with van der Waals surface area (Å²) in [5.74, 6) is 1.66. The highest BCUT2D eigenvalue weighted by Crippen LogP contribution is 2.34. The number of ether oxygens (including phenoxy) is 2. The predicted molar refractivity (Wildman–Crippen MR) is 84.2 cm³/mol. The summed E-state index contributed by atoms with van der Waals surface area (Å²) in [4.78, 5) is 4.27. The van der Waals surface area contributed by atoms with E-state index in [0.717, 1.165) is 16.5 Å². The third-order valence-corrected chi connectivity index (χ3v) is 3.41. The zero-order valence-corrected chi connectivity index (χ0v) is 12.1. The fourth-order valence-corrected chi connectivity index (χ4v) is 2.19. The van der Waals surface area contributed by atoms with Crippen molar-refractivity contribution >= 4 is 28.1 Å². The SMILES string of the molecule is COc1ccc2ccnc(Oc3cc(N)ccc3Cl)c2c1. The Labute approximate surface area is 127 Å². The van der Waals surface area contributed by atoms with E-state index in [1.165, 1.54) is 0 Å². The second kappa shape index (κ2) is 5.50. The first-order valence-corrected chi connectivity index (χ1v) is 6.71. The lowest BCUT2D eigenvalue weighted by Gasteiger charge is -2.10. The third-order valence-electron chi connectivity index (χ3n) is 3.10. The summed E-state index contributed by atoms with van der Waals surface area (Å²) in [6, 6.07) is 12.7. The van der Waals surface area contributed by atoms with Crippen LogP contribution in [0.2, 0.25) is 5.02 Å². The van der Waals surface area contributed by atoms with Crippen molar-refractivity contribution in [3.63, 3.8) is 0 Å². The number of rotatable bonds is 3. The van der Waals surface area contributed by atoms with Gasteiger partial charge >= 0.3 is 0 Å². The van der Waals surface area contributed by atoms with Crippen LogP contribution in [0.3, 0.4) is 0 Å². The fourth-order valence-electron chi connectivity index (χ4n) is 2.03. The average Bonchev–Trinajstić information content (AvgIpc) is 2.51. The molecular formula is C16H13ClN2O2. The van der Waals surface area contributed by atoms with Gasteiger partial charge in [-0.3, -0.25) is 0 Å². The van der Waals surface area contributed by atoms with E-state index in [0.29, 0.717) is 22.3 Å². The minimum atomic E-state index is 0.457. The molecule has 0 atom stereocenters. The van der Waals surface area contributed by atoms with Gasteiger partial charge in [-0.25, -0.2) is 4.98 Å². The third kappa shape index (κ3) is 2.71. The van der Waals surface area contributed by atoms with Crippen LogP contribution in [0.5, 0.6) is 17.4 Å². The topological polar surface area (TPSA) is 57.4 Å². The van der Waals surface area contributed by atoms with Crippen LogP contribution >= 0.6 is 11.6 Å². The van der Waals surface area contributed by atoms with Crippen molar-refractivity contribution in [1.82, 2.24) is 4.98 Å². The molecule has 0 aliphatic heterocycles. The van der Waals surface area contributed by atoms with E-state index < -0.39 is 0 Å². The Balaban J connectivity index is 2.09. The van der Waals surface area contributed by atoms with Crippen LogP contribution in [0, 0.1) is 0 Å². The molecule has 0 fully saturated rings. The molecule has 106 valence electrons. The maximum Gasteiger partial charge on any atom is 0.227 e. The Morgan fingerprint density at radius 1 is 1.10 bits per heavy atom. The first-order chi connectivity index (χ1) is 10.2. The van der Waals surface area contributed by atoms with Gasteiger partial charge in [0.15, 0.2) is 0 Å². The summed E-state index contributed by atoms with van der Waals surface area (Å²) in [7, 11) is 1.62. The molecule has 1 heterocycles. The standard InChI is InChI=1S/C16H13ClN2O2/c1-20-12-4-2-10-6-7-19-16(13(10)9-12)21-15-8-11(18)3-5-14(15)17/h2-9H,18H2,1H3. The first-order valence-electron chi connectivity index (χ1n) is 6.33. The van der Waals surface area contributed by atoms with Crippen LogP contribution in [0.15, 0.2) is 48.7 Å². The first kappa shape index (κ1) is 13.5. The van der Waals surface area contributed by atoms with E-state index in [1.54, 1.807) is 31.5 Å². The van der Waals surface area contributed by atoms with Gasteiger partial charge in [0.25, 0.3) is 0 Å². The smallest absolute Gasteiger partial charge is 0.227 e. The van der Waals surface area contributed by atoms with Crippen LogP contribution in [0.25, 0.3) is 10.8 Å². The summed E-state index contributed by atoms with van der Waals surface area (Å²) in [5, 5.41) is 2.32. The van der Waals surface area contributed by atoms with E-state index in [-0.39, 0.29) is 0 Å². The van der Waals surface area contributed by atoms with Gasteiger partial charge < -0.3 is 15.2 Å². The average molecular weight is 301 g/mol. The number of benzene rings is 2. The molecule has 3 aromatic rings. The fraction of sp³-hybridized carbons (Fsp3) is 0.0625. The van der Waals surface area contributed by atoms with Crippen LogP contribution < -0.4 is 15.2 Å². The van der Waals surface area contributed by atoms with Crippen LogP contribution in [-0.2, 0) is 0 Å². The molecule has 0 aliphatic rings. The van der Waals surface area contributed by atoms with Gasteiger partial charge in [-0.2, -0.15) is 0 Å². The summed E-state index contributed by atoms with van der Waals surface area (Å²) >= 11 is 6.12. The summed E-state index contributed by atoms with van der Waals surface area (Å²) in [6.45, 7) is 0. The number of nitrogen functional groups attached to an aromatic ring is 1. The zero-order chi connectivity index (χ0) is 14.8. The highest BCUT2D eigenvalue weighted by Gasteiger charge is 2.09. The number of nitrogens with two attached hydrogens (primary N) is 1. The van der Waals surface area contributed by atoms with Crippen molar-refractivity contribution in [2.75, 3.05) is 12.8 Å². The molecule has 0 saturated carbocycles. The monoisotopic (exact) mass is 300 g/mol. The van der Waals surface area contributed by atoms with Crippen LogP contribution in [-0.4, -0.2) is 12.1 Å². The lowest BCUT2D eigenvalue weighted by atomic mass is 10.1. The molecule has 0 radical (unpaired) electrons. The van der Waals surface area contributed by atoms with Crippen LogP contribution in [0.1, 0.15) is 0 Å². The van der Waals surface area contributed by atoms with Crippen molar-refractivity contribution in [3.05, 3.63) is 53.7 Å². The predicted octanol–water partition coefficient (Wildman–Crippen LogP) is 4.27. The molecule has 0 amide bonds. The number of aromatic nitrogens is 1. The van der Waals surface area contributed by atoms with E-state index >= 15 is 0 Å². The van der Waals surface area contributed by atoms with Gasteiger partial charge in [-0.05, 0) is 35.7 Å². The molecule has 4 nitrogen and oxygen atoms in total. The lowest BCUT2D eigenvalue weighted by Crippen LogP contribution is -1.92. The van der Waals surface area contributed by atoms with Gasteiger partial charge in [0.05, 0.1) is 12.1 Å².